The SMILES string of the molecule is CCCC(CNC(C)(C)C)Cc1ccc(C)c(C)c1. The summed E-state index contributed by atoms with van der Waals surface area (Å²) >= 11 is 0. The van der Waals surface area contributed by atoms with Crippen LogP contribution in [0.3, 0.4) is 0 Å². The number of nitrogens with one attached hydrogen (secondary N) is 1. The van der Waals surface area contributed by atoms with Crippen molar-refractivity contribution in [3.8, 4) is 0 Å². The Bertz CT molecular complexity index is 387. The highest BCUT2D eigenvalue weighted by molar-refractivity contribution is 5.30. The number of aryl methyl sites for hydroxylation is 2. The van der Waals surface area contributed by atoms with Crippen molar-refractivity contribution in [3.63, 3.8) is 0 Å². The molecule has 0 radical (unpaired) electrons. The molecular weight excluding hydrogens is 230 g/mol. The van der Waals surface area contributed by atoms with Crippen LogP contribution < -0.4 is 5.32 Å². The lowest BCUT2D eigenvalue weighted by atomic mass is 9.92. The fourth-order valence-electron chi connectivity index (χ4n) is 2.40. The highest BCUT2D eigenvalue weighted by Gasteiger charge is 2.14. The van der Waals surface area contributed by atoms with Gasteiger partial charge in [0, 0.05) is 5.54 Å². The summed E-state index contributed by atoms with van der Waals surface area (Å²) in [4.78, 5) is 0. The van der Waals surface area contributed by atoms with Crippen molar-refractivity contribution in [2.75, 3.05) is 6.54 Å². The molecule has 0 spiro atoms. The maximum Gasteiger partial charge on any atom is 0.00966 e. The topological polar surface area (TPSA) is 12.0 Å². The zero-order valence-electron chi connectivity index (χ0n) is 13.6. The van der Waals surface area contributed by atoms with Crippen LogP contribution in [-0.2, 0) is 6.42 Å². The standard InChI is InChI=1S/C18H31N/c1-7-8-17(13-19-18(4,5)6)12-16-10-9-14(2)15(3)11-16/h9-11,17,19H,7-8,12-13H2,1-6H3. The molecule has 1 atom stereocenters. The van der Waals surface area contributed by atoms with Crippen LogP contribution in [0.5, 0.6) is 0 Å². The second-order valence-electron chi connectivity index (χ2n) is 6.91. The summed E-state index contributed by atoms with van der Waals surface area (Å²) in [6, 6.07) is 6.90. The molecule has 0 bridgehead atoms. The lowest BCUT2D eigenvalue weighted by Gasteiger charge is -2.25. The van der Waals surface area contributed by atoms with Gasteiger partial charge in [-0.15, -0.1) is 0 Å². The van der Waals surface area contributed by atoms with Crippen molar-refractivity contribution in [1.82, 2.24) is 5.32 Å². The van der Waals surface area contributed by atoms with Crippen molar-refractivity contribution in [3.05, 3.63) is 34.9 Å². The second-order valence-corrected chi connectivity index (χ2v) is 6.91. The van der Waals surface area contributed by atoms with Crippen LogP contribution >= 0.6 is 0 Å². The van der Waals surface area contributed by atoms with Gasteiger partial charge in [0.05, 0.1) is 0 Å². The average molecular weight is 261 g/mol. The molecule has 0 aromatic heterocycles. The normalized spacial score (nSPS) is 13.6. The fourth-order valence-corrected chi connectivity index (χ4v) is 2.40. The molecule has 1 heteroatoms. The van der Waals surface area contributed by atoms with E-state index in [1.54, 1.807) is 0 Å². The minimum absolute atomic E-state index is 0.217. The first-order chi connectivity index (χ1) is 8.81. The molecule has 1 aromatic carbocycles. The first-order valence-electron chi connectivity index (χ1n) is 7.63. The summed E-state index contributed by atoms with van der Waals surface area (Å²) < 4.78 is 0. The van der Waals surface area contributed by atoms with Gasteiger partial charge in [0.15, 0.2) is 0 Å². The molecule has 0 aliphatic rings. The Balaban J connectivity index is 2.64. The van der Waals surface area contributed by atoms with Gasteiger partial charge in [-0.3, -0.25) is 0 Å². The Morgan fingerprint density at radius 2 is 1.79 bits per heavy atom. The van der Waals surface area contributed by atoms with Gasteiger partial charge in [0.25, 0.3) is 0 Å². The number of hydrogen-bond acceptors (Lipinski definition) is 1. The van der Waals surface area contributed by atoms with Crippen LogP contribution in [0.15, 0.2) is 18.2 Å². The van der Waals surface area contributed by atoms with Crippen molar-refractivity contribution in [2.24, 2.45) is 5.92 Å². The first-order valence-corrected chi connectivity index (χ1v) is 7.63. The van der Waals surface area contributed by atoms with Gasteiger partial charge >= 0.3 is 0 Å². The number of benzene rings is 1. The lowest BCUT2D eigenvalue weighted by Crippen LogP contribution is -2.39. The number of hydrogen-bond donors (Lipinski definition) is 1. The summed E-state index contributed by atoms with van der Waals surface area (Å²) in [6.07, 6.45) is 3.76. The van der Waals surface area contributed by atoms with Crippen LogP contribution in [0.25, 0.3) is 0 Å². The Morgan fingerprint density at radius 1 is 1.11 bits per heavy atom. The van der Waals surface area contributed by atoms with E-state index in [2.05, 4.69) is 65.1 Å². The maximum atomic E-state index is 3.65. The first kappa shape index (κ1) is 16.2. The maximum absolute atomic E-state index is 3.65. The summed E-state index contributed by atoms with van der Waals surface area (Å²) in [5, 5.41) is 3.65. The van der Waals surface area contributed by atoms with E-state index in [9.17, 15) is 0 Å². The van der Waals surface area contributed by atoms with E-state index in [1.807, 2.05) is 0 Å². The predicted octanol–water partition coefficient (Wildman–Crippen LogP) is 4.65. The van der Waals surface area contributed by atoms with Crippen LogP contribution in [0.2, 0.25) is 0 Å². The van der Waals surface area contributed by atoms with Gasteiger partial charge in [0.1, 0.15) is 0 Å². The minimum Gasteiger partial charge on any atom is -0.312 e. The summed E-state index contributed by atoms with van der Waals surface area (Å²) in [5.41, 5.74) is 4.51. The fraction of sp³-hybridized carbons (Fsp3) is 0.667. The molecule has 0 aliphatic heterocycles. The quantitative estimate of drug-likeness (QED) is 0.786. The molecule has 0 fully saturated rings. The summed E-state index contributed by atoms with van der Waals surface area (Å²) in [6.45, 7) is 14.5. The Morgan fingerprint density at radius 3 is 2.32 bits per heavy atom. The lowest BCUT2D eigenvalue weighted by molar-refractivity contribution is 0.355. The molecule has 0 aliphatic carbocycles. The third-order valence-electron chi connectivity index (χ3n) is 3.71. The van der Waals surface area contributed by atoms with E-state index in [-0.39, 0.29) is 5.54 Å². The molecule has 1 aromatic rings. The third kappa shape index (κ3) is 6.24. The molecule has 19 heavy (non-hydrogen) atoms. The van der Waals surface area contributed by atoms with E-state index in [0.29, 0.717) is 0 Å². The Kier molecular flexibility index (Phi) is 6.06. The molecule has 0 heterocycles. The molecule has 1 nitrogen and oxygen atoms in total. The van der Waals surface area contributed by atoms with E-state index in [0.717, 1.165) is 12.5 Å². The van der Waals surface area contributed by atoms with Crippen molar-refractivity contribution in [1.29, 1.82) is 0 Å². The summed E-state index contributed by atoms with van der Waals surface area (Å²) in [7, 11) is 0. The molecule has 1 N–H and O–H groups in total. The van der Waals surface area contributed by atoms with Crippen LogP contribution in [0.4, 0.5) is 0 Å². The molecule has 1 unspecified atom stereocenters. The summed E-state index contributed by atoms with van der Waals surface area (Å²) in [5.74, 6) is 0.742. The average Bonchev–Trinajstić information content (AvgIpc) is 2.30. The monoisotopic (exact) mass is 261 g/mol. The minimum atomic E-state index is 0.217. The van der Waals surface area contributed by atoms with Crippen molar-refractivity contribution < 1.29 is 0 Å². The highest BCUT2D eigenvalue weighted by atomic mass is 14.9. The zero-order valence-corrected chi connectivity index (χ0v) is 13.6. The van der Waals surface area contributed by atoms with E-state index >= 15 is 0 Å². The molecule has 0 amide bonds. The Labute approximate surface area is 119 Å². The van der Waals surface area contributed by atoms with Gasteiger partial charge < -0.3 is 5.32 Å². The van der Waals surface area contributed by atoms with Gasteiger partial charge in [0.2, 0.25) is 0 Å². The van der Waals surface area contributed by atoms with E-state index in [4.69, 9.17) is 0 Å². The van der Waals surface area contributed by atoms with E-state index in [1.165, 1.54) is 36.0 Å². The van der Waals surface area contributed by atoms with Crippen LogP contribution in [0, 0.1) is 19.8 Å². The van der Waals surface area contributed by atoms with Gasteiger partial charge in [-0.25, -0.2) is 0 Å². The molecule has 0 saturated heterocycles. The Hall–Kier alpha value is -0.820. The third-order valence-corrected chi connectivity index (χ3v) is 3.71. The highest BCUT2D eigenvalue weighted by Crippen LogP contribution is 2.17. The van der Waals surface area contributed by atoms with Gasteiger partial charge in [-0.1, -0.05) is 31.5 Å². The van der Waals surface area contributed by atoms with Crippen molar-refractivity contribution in [2.45, 2.75) is 66.3 Å². The largest absolute Gasteiger partial charge is 0.312 e. The predicted molar refractivity (Wildman–Crippen MR) is 85.8 cm³/mol. The molecule has 108 valence electrons. The second kappa shape index (κ2) is 7.09. The molecular formula is C18H31N. The van der Waals surface area contributed by atoms with E-state index < -0.39 is 0 Å². The van der Waals surface area contributed by atoms with Crippen LogP contribution in [-0.4, -0.2) is 12.1 Å². The zero-order chi connectivity index (χ0) is 14.5. The van der Waals surface area contributed by atoms with Crippen molar-refractivity contribution >= 4 is 0 Å². The molecule has 0 saturated carbocycles. The van der Waals surface area contributed by atoms with Gasteiger partial charge in [-0.2, -0.15) is 0 Å². The molecule has 1 rings (SSSR count). The van der Waals surface area contributed by atoms with Crippen LogP contribution in [0.1, 0.15) is 57.2 Å². The van der Waals surface area contributed by atoms with Gasteiger partial charge in [-0.05, 0) is 76.6 Å². The smallest absolute Gasteiger partial charge is 0.00966 e. The number of rotatable bonds is 6.